The van der Waals surface area contributed by atoms with Crippen molar-refractivity contribution in [2.75, 3.05) is 11.4 Å². The van der Waals surface area contributed by atoms with Crippen molar-refractivity contribution in [1.82, 2.24) is 0 Å². The minimum absolute atomic E-state index is 0.0355. The number of hydrogen-bond acceptors (Lipinski definition) is 2. The third kappa shape index (κ3) is 3.78. The summed E-state index contributed by atoms with van der Waals surface area (Å²) in [6, 6.07) is 10.9. The molecular weight excluding hydrogens is 347 g/mol. The van der Waals surface area contributed by atoms with Crippen LogP contribution in [0.25, 0.3) is 0 Å². The molecule has 1 atom stereocenters. The van der Waals surface area contributed by atoms with Crippen LogP contribution in [0.5, 0.6) is 0 Å². The molecule has 0 aliphatic carbocycles. The molecule has 138 valence electrons. The second-order valence-corrected chi connectivity index (χ2v) is 8.17. The molecule has 26 heavy (non-hydrogen) atoms. The van der Waals surface area contributed by atoms with E-state index in [-0.39, 0.29) is 11.4 Å². The number of anilines is 1. The zero-order chi connectivity index (χ0) is 18.9. The van der Waals surface area contributed by atoms with Crippen LogP contribution in [0.2, 0.25) is 5.02 Å². The highest BCUT2D eigenvalue weighted by atomic mass is 35.5. The van der Waals surface area contributed by atoms with Crippen molar-refractivity contribution in [3.8, 4) is 0 Å². The van der Waals surface area contributed by atoms with Gasteiger partial charge in [0.15, 0.2) is 0 Å². The summed E-state index contributed by atoms with van der Waals surface area (Å²) in [6.45, 7) is 9.81. The molecule has 0 radical (unpaired) electrons. The van der Waals surface area contributed by atoms with Crippen molar-refractivity contribution in [3.63, 3.8) is 0 Å². The first-order valence-corrected chi connectivity index (χ1v) is 9.60. The minimum atomic E-state index is -0.229. The summed E-state index contributed by atoms with van der Waals surface area (Å²) in [7, 11) is 0. The number of nitrogens with zero attached hydrogens (tertiary/aromatic N) is 2. The molecule has 0 aromatic heterocycles. The summed E-state index contributed by atoms with van der Waals surface area (Å²) in [5, 5.41) is 0.663. The van der Waals surface area contributed by atoms with Crippen LogP contribution < -0.4 is 4.90 Å². The fraction of sp³-hybridized carbons (Fsp3) is 0.409. The van der Waals surface area contributed by atoms with E-state index in [1.165, 1.54) is 5.56 Å². The Morgan fingerprint density at radius 2 is 1.96 bits per heavy atom. The predicted molar refractivity (Wildman–Crippen MR) is 110 cm³/mol. The molecular formula is C22H26ClFN2. The van der Waals surface area contributed by atoms with E-state index in [4.69, 9.17) is 11.6 Å². The van der Waals surface area contributed by atoms with Crippen LogP contribution >= 0.6 is 11.6 Å². The lowest BCUT2D eigenvalue weighted by Gasteiger charge is -2.47. The van der Waals surface area contributed by atoms with Crippen LogP contribution in [0.1, 0.15) is 57.6 Å². The van der Waals surface area contributed by atoms with Crippen LogP contribution in [0.15, 0.2) is 41.4 Å². The van der Waals surface area contributed by atoms with E-state index in [9.17, 15) is 4.39 Å². The van der Waals surface area contributed by atoms with Crippen molar-refractivity contribution in [1.29, 1.82) is 0 Å². The zero-order valence-corrected chi connectivity index (χ0v) is 16.6. The van der Waals surface area contributed by atoms with Gasteiger partial charge in [-0.05, 0) is 74.6 Å². The van der Waals surface area contributed by atoms with Gasteiger partial charge in [-0.25, -0.2) is 4.39 Å². The molecule has 0 fully saturated rings. The van der Waals surface area contributed by atoms with Gasteiger partial charge < -0.3 is 4.90 Å². The van der Waals surface area contributed by atoms with E-state index in [2.05, 4.69) is 37.6 Å². The van der Waals surface area contributed by atoms with Crippen LogP contribution in [0.4, 0.5) is 15.8 Å². The smallest absolute Gasteiger partial charge is 0.134 e. The topological polar surface area (TPSA) is 15.6 Å². The Morgan fingerprint density at radius 3 is 2.62 bits per heavy atom. The van der Waals surface area contributed by atoms with Gasteiger partial charge in [0.1, 0.15) is 5.82 Å². The van der Waals surface area contributed by atoms with Gasteiger partial charge in [-0.1, -0.05) is 25.4 Å². The highest BCUT2D eigenvalue weighted by Gasteiger charge is 2.36. The van der Waals surface area contributed by atoms with Gasteiger partial charge in [-0.3, -0.25) is 4.99 Å². The summed E-state index contributed by atoms with van der Waals surface area (Å²) in [6.07, 6.45) is 3.70. The molecule has 1 unspecified atom stereocenters. The summed E-state index contributed by atoms with van der Waals surface area (Å²) < 4.78 is 14.8. The Balaban J connectivity index is 1.98. The number of rotatable bonds is 4. The largest absolute Gasteiger partial charge is 0.366 e. The normalized spacial score (nSPS) is 19.0. The fourth-order valence-corrected chi connectivity index (χ4v) is 4.06. The lowest BCUT2D eigenvalue weighted by Crippen LogP contribution is -2.48. The van der Waals surface area contributed by atoms with Gasteiger partial charge in [0, 0.05) is 34.6 Å². The molecule has 1 aliphatic heterocycles. The maximum atomic E-state index is 14.8. The molecule has 2 nitrogen and oxygen atoms in total. The lowest BCUT2D eigenvalue weighted by atomic mass is 9.79. The van der Waals surface area contributed by atoms with Gasteiger partial charge in [0.05, 0.1) is 5.69 Å². The van der Waals surface area contributed by atoms with Crippen LogP contribution in [0, 0.1) is 5.82 Å². The first kappa shape index (κ1) is 18.9. The van der Waals surface area contributed by atoms with Crippen molar-refractivity contribution >= 4 is 29.2 Å². The van der Waals surface area contributed by atoms with E-state index in [1.807, 2.05) is 18.2 Å². The van der Waals surface area contributed by atoms with Crippen molar-refractivity contribution in [2.45, 2.75) is 52.0 Å². The molecule has 2 aromatic rings. The second-order valence-electron chi connectivity index (χ2n) is 7.74. The molecule has 3 rings (SSSR count). The first-order chi connectivity index (χ1) is 12.3. The van der Waals surface area contributed by atoms with Gasteiger partial charge in [-0.15, -0.1) is 0 Å². The molecule has 0 spiro atoms. The molecule has 1 aliphatic rings. The Hall–Kier alpha value is -1.87. The highest BCUT2D eigenvalue weighted by molar-refractivity contribution is 6.30. The van der Waals surface area contributed by atoms with E-state index in [0.717, 1.165) is 30.8 Å². The standard InChI is InChI=1S/C22H26ClFN2/c1-5-10-26-21-12-20(24)16(11-19(21)15(2)13-22(26,3)4)14-25-18-8-6-17(23)7-9-18/h6-9,11-12,14-15H,5,10,13H2,1-4H3. The van der Waals surface area contributed by atoms with Gasteiger partial charge in [-0.2, -0.15) is 0 Å². The molecule has 2 aromatic carbocycles. The van der Waals surface area contributed by atoms with Crippen LogP contribution in [-0.2, 0) is 0 Å². The Labute approximate surface area is 160 Å². The molecule has 1 heterocycles. The zero-order valence-electron chi connectivity index (χ0n) is 15.9. The average molecular weight is 373 g/mol. The van der Waals surface area contributed by atoms with Gasteiger partial charge >= 0.3 is 0 Å². The van der Waals surface area contributed by atoms with Crippen molar-refractivity contribution < 1.29 is 4.39 Å². The molecule has 0 N–H and O–H groups in total. The predicted octanol–water partition coefficient (Wildman–Crippen LogP) is 6.73. The molecule has 0 saturated carbocycles. The summed E-state index contributed by atoms with van der Waals surface area (Å²) in [4.78, 5) is 6.75. The summed E-state index contributed by atoms with van der Waals surface area (Å²) in [5.74, 6) is 0.156. The Kier molecular flexibility index (Phi) is 5.38. The van der Waals surface area contributed by atoms with E-state index in [1.54, 1.807) is 24.4 Å². The number of benzene rings is 2. The monoisotopic (exact) mass is 372 g/mol. The minimum Gasteiger partial charge on any atom is -0.366 e. The van der Waals surface area contributed by atoms with E-state index >= 15 is 0 Å². The molecule has 0 bridgehead atoms. The third-order valence-electron chi connectivity index (χ3n) is 5.13. The van der Waals surface area contributed by atoms with E-state index in [0.29, 0.717) is 16.5 Å². The van der Waals surface area contributed by atoms with Gasteiger partial charge in [0.2, 0.25) is 0 Å². The average Bonchev–Trinajstić information content (AvgIpc) is 2.58. The van der Waals surface area contributed by atoms with Crippen LogP contribution in [-0.4, -0.2) is 18.3 Å². The first-order valence-electron chi connectivity index (χ1n) is 9.22. The molecule has 4 heteroatoms. The van der Waals surface area contributed by atoms with Gasteiger partial charge in [0.25, 0.3) is 0 Å². The Morgan fingerprint density at radius 1 is 1.27 bits per heavy atom. The van der Waals surface area contributed by atoms with Crippen LogP contribution in [0.3, 0.4) is 0 Å². The maximum absolute atomic E-state index is 14.8. The third-order valence-corrected chi connectivity index (χ3v) is 5.38. The summed E-state index contributed by atoms with van der Waals surface area (Å²) in [5.41, 5.74) is 3.55. The number of fused-ring (bicyclic) bond motifs is 1. The molecule has 0 saturated heterocycles. The van der Waals surface area contributed by atoms with E-state index < -0.39 is 0 Å². The SMILES string of the molecule is CCCN1c2cc(F)c(C=Nc3ccc(Cl)cc3)cc2C(C)CC1(C)C. The number of halogens is 2. The second kappa shape index (κ2) is 7.40. The Bertz CT molecular complexity index is 812. The quantitative estimate of drug-likeness (QED) is 0.543. The number of aliphatic imine (C=N–C) groups is 1. The molecule has 0 amide bonds. The van der Waals surface area contributed by atoms with Crippen molar-refractivity contribution in [3.05, 3.63) is 58.4 Å². The number of hydrogen-bond donors (Lipinski definition) is 0. The summed E-state index contributed by atoms with van der Waals surface area (Å²) >= 11 is 5.90. The lowest BCUT2D eigenvalue weighted by molar-refractivity contribution is 0.375. The van der Waals surface area contributed by atoms with Crippen molar-refractivity contribution in [2.24, 2.45) is 4.99 Å². The highest BCUT2D eigenvalue weighted by Crippen LogP contribution is 2.44. The maximum Gasteiger partial charge on any atom is 0.134 e. The fourth-order valence-electron chi connectivity index (χ4n) is 3.94.